The van der Waals surface area contributed by atoms with Crippen LogP contribution in [0.2, 0.25) is 0 Å². The van der Waals surface area contributed by atoms with E-state index in [1.54, 1.807) is 0 Å². The zero-order valence-corrected chi connectivity index (χ0v) is 12.2. The summed E-state index contributed by atoms with van der Waals surface area (Å²) >= 11 is 0. The van der Waals surface area contributed by atoms with Gasteiger partial charge in [0, 0.05) is 18.5 Å². The second-order valence-corrected chi connectivity index (χ2v) is 7.21. The summed E-state index contributed by atoms with van der Waals surface area (Å²) in [4.78, 5) is 13.8. The van der Waals surface area contributed by atoms with Crippen LogP contribution in [0.25, 0.3) is 0 Å². The Morgan fingerprint density at radius 1 is 1.24 bits per heavy atom. The average Bonchev–Trinajstić information content (AvgIpc) is 2.13. The van der Waals surface area contributed by atoms with E-state index in [1.807, 2.05) is 4.90 Å². The van der Waals surface area contributed by atoms with Gasteiger partial charge in [-0.05, 0) is 32.6 Å². The molecule has 0 aromatic heterocycles. The Kier molecular flexibility index (Phi) is 4.23. The van der Waals surface area contributed by atoms with E-state index in [9.17, 15) is 4.79 Å². The number of hydrogen-bond donors (Lipinski definition) is 0. The van der Waals surface area contributed by atoms with Gasteiger partial charge in [0.2, 0.25) is 5.91 Å². The first-order valence-corrected chi connectivity index (χ1v) is 6.52. The standard InChI is InChI=1S/C14H27NO2/c1-13(2,3)10-17-11-7-8-12(16)15(9-11)14(4,5)6/h11H,7-10H2,1-6H3. The van der Waals surface area contributed by atoms with Crippen molar-refractivity contribution >= 4 is 5.91 Å². The molecule has 1 rings (SSSR count). The molecule has 1 aliphatic heterocycles. The van der Waals surface area contributed by atoms with E-state index in [0.29, 0.717) is 6.42 Å². The summed E-state index contributed by atoms with van der Waals surface area (Å²) in [6.45, 7) is 14.2. The first-order valence-electron chi connectivity index (χ1n) is 6.52. The minimum absolute atomic E-state index is 0.0964. The second kappa shape index (κ2) is 4.97. The second-order valence-electron chi connectivity index (χ2n) is 7.21. The van der Waals surface area contributed by atoms with Gasteiger partial charge in [0.15, 0.2) is 0 Å². The van der Waals surface area contributed by atoms with E-state index in [4.69, 9.17) is 4.74 Å². The molecule has 0 saturated carbocycles. The fourth-order valence-electron chi connectivity index (χ4n) is 1.97. The van der Waals surface area contributed by atoms with Gasteiger partial charge in [-0.3, -0.25) is 4.79 Å². The summed E-state index contributed by atoms with van der Waals surface area (Å²) in [5.41, 5.74) is 0.0921. The molecule has 3 heteroatoms. The molecule has 0 aromatic carbocycles. The first kappa shape index (κ1) is 14.5. The number of carbonyl (C=O) groups excluding carboxylic acids is 1. The molecule has 0 N–H and O–H groups in total. The monoisotopic (exact) mass is 241 g/mol. The summed E-state index contributed by atoms with van der Waals surface area (Å²) in [6, 6.07) is 0. The molecule has 1 fully saturated rings. The topological polar surface area (TPSA) is 29.5 Å². The van der Waals surface area contributed by atoms with Crippen molar-refractivity contribution in [3.8, 4) is 0 Å². The van der Waals surface area contributed by atoms with Crippen molar-refractivity contribution in [2.75, 3.05) is 13.2 Å². The molecule has 100 valence electrons. The lowest BCUT2D eigenvalue weighted by atomic mass is 9.97. The molecule has 1 saturated heterocycles. The van der Waals surface area contributed by atoms with Gasteiger partial charge in [0.1, 0.15) is 0 Å². The number of likely N-dealkylation sites (tertiary alicyclic amines) is 1. The van der Waals surface area contributed by atoms with Crippen LogP contribution in [0.1, 0.15) is 54.4 Å². The third-order valence-corrected chi connectivity index (χ3v) is 2.93. The molecule has 0 bridgehead atoms. The van der Waals surface area contributed by atoms with Crippen molar-refractivity contribution in [3.63, 3.8) is 0 Å². The molecule has 1 atom stereocenters. The third kappa shape index (κ3) is 4.66. The van der Waals surface area contributed by atoms with E-state index in [2.05, 4.69) is 41.5 Å². The lowest BCUT2D eigenvalue weighted by molar-refractivity contribution is -0.145. The number of ether oxygens (including phenoxy) is 1. The smallest absolute Gasteiger partial charge is 0.223 e. The Morgan fingerprint density at radius 2 is 1.82 bits per heavy atom. The SMILES string of the molecule is CC(C)(C)COC1CCC(=O)N(C(C)(C)C)C1. The summed E-state index contributed by atoms with van der Waals surface area (Å²) in [7, 11) is 0. The summed E-state index contributed by atoms with van der Waals surface area (Å²) in [6.07, 6.45) is 1.68. The maximum absolute atomic E-state index is 11.9. The van der Waals surface area contributed by atoms with Crippen LogP contribution in [0.4, 0.5) is 0 Å². The minimum Gasteiger partial charge on any atom is -0.376 e. The summed E-state index contributed by atoms with van der Waals surface area (Å²) < 4.78 is 5.93. The minimum atomic E-state index is -0.0964. The van der Waals surface area contributed by atoms with Crippen molar-refractivity contribution in [1.82, 2.24) is 4.90 Å². The van der Waals surface area contributed by atoms with Crippen LogP contribution in [0.15, 0.2) is 0 Å². The fourth-order valence-corrected chi connectivity index (χ4v) is 1.97. The highest BCUT2D eigenvalue weighted by molar-refractivity contribution is 5.77. The molecule has 0 spiro atoms. The van der Waals surface area contributed by atoms with Crippen LogP contribution in [-0.2, 0) is 9.53 Å². The van der Waals surface area contributed by atoms with Gasteiger partial charge < -0.3 is 9.64 Å². The van der Waals surface area contributed by atoms with Crippen LogP contribution in [0, 0.1) is 5.41 Å². The lowest BCUT2D eigenvalue weighted by Crippen LogP contribution is -2.52. The van der Waals surface area contributed by atoms with Crippen molar-refractivity contribution in [2.45, 2.75) is 66.0 Å². The molecule has 1 heterocycles. The molecule has 1 aliphatic rings. The Balaban J connectivity index is 2.53. The van der Waals surface area contributed by atoms with Crippen LogP contribution in [0.3, 0.4) is 0 Å². The van der Waals surface area contributed by atoms with E-state index >= 15 is 0 Å². The normalized spacial score (nSPS) is 23.1. The highest BCUT2D eigenvalue weighted by Gasteiger charge is 2.33. The van der Waals surface area contributed by atoms with E-state index in [0.717, 1.165) is 19.6 Å². The van der Waals surface area contributed by atoms with Gasteiger partial charge >= 0.3 is 0 Å². The highest BCUT2D eigenvalue weighted by Crippen LogP contribution is 2.24. The first-order chi connectivity index (χ1) is 7.59. The van der Waals surface area contributed by atoms with Crippen molar-refractivity contribution in [2.24, 2.45) is 5.41 Å². The maximum Gasteiger partial charge on any atom is 0.223 e. The third-order valence-electron chi connectivity index (χ3n) is 2.93. The quantitative estimate of drug-likeness (QED) is 0.744. The maximum atomic E-state index is 11.9. The number of nitrogens with zero attached hydrogens (tertiary/aromatic N) is 1. The molecular weight excluding hydrogens is 214 g/mol. The van der Waals surface area contributed by atoms with Gasteiger partial charge in [-0.2, -0.15) is 0 Å². The molecule has 0 aromatic rings. The number of rotatable bonds is 2. The van der Waals surface area contributed by atoms with Gasteiger partial charge in [-0.25, -0.2) is 0 Å². The van der Waals surface area contributed by atoms with Crippen molar-refractivity contribution < 1.29 is 9.53 Å². The predicted molar refractivity (Wildman–Crippen MR) is 69.9 cm³/mol. The molecule has 0 radical (unpaired) electrons. The molecule has 1 unspecified atom stereocenters. The van der Waals surface area contributed by atoms with Gasteiger partial charge in [-0.15, -0.1) is 0 Å². The van der Waals surface area contributed by atoms with Gasteiger partial charge in [0.25, 0.3) is 0 Å². The average molecular weight is 241 g/mol. The van der Waals surface area contributed by atoms with Crippen molar-refractivity contribution in [3.05, 3.63) is 0 Å². The number of hydrogen-bond acceptors (Lipinski definition) is 2. The van der Waals surface area contributed by atoms with Crippen LogP contribution < -0.4 is 0 Å². The van der Waals surface area contributed by atoms with Crippen molar-refractivity contribution in [1.29, 1.82) is 0 Å². The lowest BCUT2D eigenvalue weighted by Gasteiger charge is -2.41. The van der Waals surface area contributed by atoms with E-state index in [-0.39, 0.29) is 23.0 Å². The summed E-state index contributed by atoms with van der Waals surface area (Å²) in [5, 5.41) is 0. The van der Waals surface area contributed by atoms with Gasteiger partial charge in [-0.1, -0.05) is 20.8 Å². The van der Waals surface area contributed by atoms with Gasteiger partial charge in [0.05, 0.1) is 12.7 Å². The highest BCUT2D eigenvalue weighted by atomic mass is 16.5. The van der Waals surface area contributed by atoms with E-state index < -0.39 is 0 Å². The zero-order chi connectivity index (χ0) is 13.3. The Hall–Kier alpha value is -0.570. The molecule has 1 amide bonds. The molecule has 3 nitrogen and oxygen atoms in total. The van der Waals surface area contributed by atoms with Crippen LogP contribution in [-0.4, -0.2) is 35.6 Å². The Morgan fingerprint density at radius 3 is 2.29 bits per heavy atom. The largest absolute Gasteiger partial charge is 0.376 e. The van der Waals surface area contributed by atoms with E-state index in [1.165, 1.54) is 0 Å². The van der Waals surface area contributed by atoms with Crippen LogP contribution >= 0.6 is 0 Å². The molecule has 0 aliphatic carbocycles. The number of carbonyl (C=O) groups is 1. The number of piperidine rings is 1. The predicted octanol–water partition coefficient (Wildman–Crippen LogP) is 2.84. The summed E-state index contributed by atoms with van der Waals surface area (Å²) in [5.74, 6) is 0.258. The zero-order valence-electron chi connectivity index (χ0n) is 12.2. The Bertz CT molecular complexity index is 273. The van der Waals surface area contributed by atoms with Crippen LogP contribution in [0.5, 0.6) is 0 Å². The molecule has 17 heavy (non-hydrogen) atoms. The molecular formula is C14H27NO2. The Labute approximate surface area is 106 Å². The fraction of sp³-hybridized carbons (Fsp3) is 0.929. The number of amides is 1.